The third-order valence-corrected chi connectivity index (χ3v) is 4.20. The molecular formula is C12H7BrFN2NaO3S. The number of benzene rings is 1. The second-order valence-corrected chi connectivity index (χ2v) is 6.14. The van der Waals surface area contributed by atoms with E-state index in [-0.39, 0.29) is 44.5 Å². The molecule has 2 aromatic rings. The molecule has 0 saturated carbocycles. The fourth-order valence-electron chi connectivity index (χ4n) is 1.37. The number of rotatable bonds is 3. The summed E-state index contributed by atoms with van der Waals surface area (Å²) in [5.74, 6) is -1.54. The molecule has 0 spiro atoms. The summed E-state index contributed by atoms with van der Waals surface area (Å²) in [5.41, 5.74) is -0.0427. The summed E-state index contributed by atoms with van der Waals surface area (Å²) in [4.78, 5) is 15.3. The van der Waals surface area contributed by atoms with Crippen LogP contribution in [0, 0.1) is 5.82 Å². The Kier molecular flexibility index (Phi) is 6.48. The first-order valence-corrected chi connectivity index (χ1v) is 7.51. The average molecular weight is 381 g/mol. The molecule has 1 amide bonds. The molecule has 1 aromatic carbocycles. The Bertz CT molecular complexity index is 756. The fourth-order valence-corrected chi connectivity index (χ4v) is 2.76. The summed E-state index contributed by atoms with van der Waals surface area (Å²) < 4.78 is 40.0. The van der Waals surface area contributed by atoms with E-state index >= 15 is 0 Å². The monoisotopic (exact) mass is 380 g/mol. The Morgan fingerprint density at radius 3 is 2.57 bits per heavy atom. The van der Waals surface area contributed by atoms with Crippen LogP contribution in [0.3, 0.4) is 0 Å². The van der Waals surface area contributed by atoms with Crippen molar-refractivity contribution in [2.75, 3.05) is 0 Å². The third kappa shape index (κ3) is 4.58. The summed E-state index contributed by atoms with van der Waals surface area (Å²) in [7, 11) is -4.14. The number of amides is 1. The van der Waals surface area contributed by atoms with E-state index < -0.39 is 21.7 Å². The number of nitrogens with zero attached hydrogens (tertiary/aromatic N) is 2. The number of halogens is 2. The summed E-state index contributed by atoms with van der Waals surface area (Å²) in [6.07, 6.45) is 2.49. The number of pyridine rings is 1. The van der Waals surface area contributed by atoms with Crippen molar-refractivity contribution in [3.05, 3.63) is 63.3 Å². The molecule has 0 aliphatic rings. The van der Waals surface area contributed by atoms with Crippen molar-refractivity contribution < 1.29 is 47.2 Å². The maximum Gasteiger partial charge on any atom is 1.00 e. The molecule has 0 radical (unpaired) electrons. The van der Waals surface area contributed by atoms with Gasteiger partial charge in [-0.1, -0.05) is 15.9 Å². The number of carbonyl (C=O) groups excluding carboxylic acids is 1. The number of carbonyl (C=O) groups is 1. The predicted octanol–water partition coefficient (Wildman–Crippen LogP) is -0.110. The van der Waals surface area contributed by atoms with Gasteiger partial charge >= 0.3 is 29.6 Å². The van der Waals surface area contributed by atoms with Gasteiger partial charge in [-0.05, 0) is 30.3 Å². The van der Waals surface area contributed by atoms with Gasteiger partial charge in [-0.3, -0.25) is 4.98 Å². The van der Waals surface area contributed by atoms with Gasteiger partial charge in [0.2, 0.25) is 0 Å². The van der Waals surface area contributed by atoms with Gasteiger partial charge in [0.25, 0.3) is 0 Å². The molecule has 2 rings (SSSR count). The number of sulfonamides is 1. The fraction of sp³-hybridized carbons (Fsp3) is 0. The van der Waals surface area contributed by atoms with Crippen LogP contribution in [0.5, 0.6) is 0 Å². The first kappa shape index (κ1) is 18.2. The standard InChI is InChI=1S/C12H8BrFN2O3S.Na/c13-11-6-8(14)3-4-10(11)12(17)16-20(18,19)9-2-1-5-15-7-9;/h1-7H,(H,16,17);/q;+1/p-1. The van der Waals surface area contributed by atoms with Gasteiger partial charge in [0.05, 0.1) is 10.8 Å². The van der Waals surface area contributed by atoms with Gasteiger partial charge < -0.3 is 9.52 Å². The van der Waals surface area contributed by atoms with Gasteiger partial charge in [-0.15, -0.1) is 0 Å². The van der Waals surface area contributed by atoms with Crippen LogP contribution in [-0.2, 0) is 10.0 Å². The van der Waals surface area contributed by atoms with Crippen LogP contribution >= 0.6 is 15.9 Å². The summed E-state index contributed by atoms with van der Waals surface area (Å²) >= 11 is 2.98. The molecule has 9 heteroatoms. The Hall–Kier alpha value is -0.800. The molecule has 1 aromatic heterocycles. The van der Waals surface area contributed by atoms with E-state index in [0.29, 0.717) is 0 Å². The molecule has 0 unspecified atom stereocenters. The molecule has 0 atom stereocenters. The Morgan fingerprint density at radius 2 is 2.00 bits per heavy atom. The molecule has 0 aliphatic carbocycles. The zero-order chi connectivity index (χ0) is 14.8. The molecular weight excluding hydrogens is 374 g/mol. The minimum absolute atomic E-state index is 0. The predicted molar refractivity (Wildman–Crippen MR) is 73.2 cm³/mol. The van der Waals surface area contributed by atoms with Crippen LogP contribution in [0.15, 0.2) is 52.1 Å². The van der Waals surface area contributed by atoms with Crippen molar-refractivity contribution in [1.29, 1.82) is 0 Å². The quantitative estimate of drug-likeness (QED) is 0.696. The van der Waals surface area contributed by atoms with Crippen molar-refractivity contribution >= 4 is 31.9 Å². The van der Waals surface area contributed by atoms with E-state index in [1.54, 1.807) is 0 Å². The van der Waals surface area contributed by atoms with Crippen molar-refractivity contribution in [1.82, 2.24) is 4.98 Å². The number of hydrogen-bond acceptors (Lipinski definition) is 4. The first-order valence-electron chi connectivity index (χ1n) is 5.27. The summed E-state index contributed by atoms with van der Waals surface area (Å²) in [5, 5.41) is 0. The Morgan fingerprint density at radius 1 is 1.29 bits per heavy atom. The minimum atomic E-state index is -4.14. The summed E-state index contributed by atoms with van der Waals surface area (Å²) in [6, 6.07) is 5.95. The Labute approximate surface area is 151 Å². The van der Waals surface area contributed by atoms with E-state index in [2.05, 4.69) is 25.6 Å². The van der Waals surface area contributed by atoms with Crippen LogP contribution in [-0.4, -0.2) is 19.3 Å². The zero-order valence-electron chi connectivity index (χ0n) is 10.8. The second-order valence-electron chi connectivity index (χ2n) is 3.68. The van der Waals surface area contributed by atoms with Crippen LogP contribution in [0.1, 0.15) is 10.4 Å². The van der Waals surface area contributed by atoms with Crippen LogP contribution in [0.25, 0.3) is 4.72 Å². The van der Waals surface area contributed by atoms with Gasteiger partial charge in [-0.25, -0.2) is 12.8 Å². The Balaban J connectivity index is 0.00000220. The topological polar surface area (TPSA) is 78.2 Å². The molecule has 0 saturated heterocycles. The van der Waals surface area contributed by atoms with Gasteiger partial charge in [-0.2, -0.15) is 0 Å². The molecule has 0 fully saturated rings. The molecule has 0 bridgehead atoms. The molecule has 0 aliphatic heterocycles. The van der Waals surface area contributed by atoms with Crippen molar-refractivity contribution in [2.24, 2.45) is 0 Å². The van der Waals surface area contributed by atoms with Gasteiger partial charge in [0.1, 0.15) is 15.8 Å². The van der Waals surface area contributed by atoms with E-state index in [1.807, 2.05) is 0 Å². The van der Waals surface area contributed by atoms with Gasteiger partial charge in [0, 0.05) is 22.4 Å². The summed E-state index contributed by atoms with van der Waals surface area (Å²) in [6.45, 7) is 0. The normalized spacial score (nSPS) is 10.6. The maximum atomic E-state index is 12.9. The minimum Gasteiger partial charge on any atom is -0.537 e. The molecule has 5 nitrogen and oxygen atoms in total. The van der Waals surface area contributed by atoms with Crippen LogP contribution < -0.4 is 29.6 Å². The molecule has 1 heterocycles. The second kappa shape index (κ2) is 7.46. The van der Waals surface area contributed by atoms with E-state index in [9.17, 15) is 17.6 Å². The van der Waals surface area contributed by atoms with Crippen LogP contribution in [0.4, 0.5) is 4.39 Å². The van der Waals surface area contributed by atoms with Gasteiger partial charge in [0.15, 0.2) is 0 Å². The maximum absolute atomic E-state index is 12.9. The van der Waals surface area contributed by atoms with Crippen molar-refractivity contribution in [2.45, 2.75) is 4.90 Å². The van der Waals surface area contributed by atoms with Crippen molar-refractivity contribution in [3.63, 3.8) is 0 Å². The van der Waals surface area contributed by atoms with Crippen molar-refractivity contribution in [3.8, 4) is 0 Å². The first-order chi connectivity index (χ1) is 9.40. The van der Waals surface area contributed by atoms with E-state index in [1.165, 1.54) is 18.3 Å². The number of aromatic nitrogens is 1. The molecule has 104 valence electrons. The smallest absolute Gasteiger partial charge is 0.537 e. The molecule has 21 heavy (non-hydrogen) atoms. The SMILES string of the molecule is O=C([N-]S(=O)(=O)c1cccnc1)c1ccc(F)cc1Br.[Na+]. The van der Waals surface area contributed by atoms with Crippen LogP contribution in [0.2, 0.25) is 0 Å². The zero-order valence-corrected chi connectivity index (χ0v) is 15.2. The largest absolute Gasteiger partial charge is 1.00 e. The average Bonchev–Trinajstić information content (AvgIpc) is 2.39. The van der Waals surface area contributed by atoms with E-state index in [0.717, 1.165) is 24.4 Å². The third-order valence-electron chi connectivity index (χ3n) is 2.30. The number of hydrogen-bond donors (Lipinski definition) is 0. The molecule has 0 N–H and O–H groups in total. The van der Waals surface area contributed by atoms with E-state index in [4.69, 9.17) is 0 Å².